The molecule has 0 fully saturated rings. The second-order valence-corrected chi connectivity index (χ2v) is 8.29. The highest BCUT2D eigenvalue weighted by atomic mass is 32.2. The molecular weight excluding hydrogens is 388 g/mol. The Kier molecular flexibility index (Phi) is 6.51. The smallest absolute Gasteiger partial charge is 0.263 e. The molecule has 3 N–H and O–H groups in total. The van der Waals surface area contributed by atoms with Crippen LogP contribution >= 0.6 is 23.1 Å². The number of carbonyl (C=O) groups is 2. The Morgan fingerprint density at radius 3 is 2.89 bits per heavy atom. The van der Waals surface area contributed by atoms with Crippen LogP contribution in [0.2, 0.25) is 0 Å². The highest BCUT2D eigenvalue weighted by molar-refractivity contribution is 7.99. The quantitative estimate of drug-likeness (QED) is 0.488. The average molecular weight is 411 g/mol. The van der Waals surface area contributed by atoms with E-state index in [0.717, 1.165) is 36.1 Å². The van der Waals surface area contributed by atoms with E-state index in [4.69, 9.17) is 10.5 Å². The fourth-order valence-corrected chi connectivity index (χ4v) is 5.23. The number of amides is 2. The van der Waals surface area contributed by atoms with Gasteiger partial charge in [-0.3, -0.25) is 19.0 Å². The molecule has 2 amide bonds. The van der Waals surface area contributed by atoms with Crippen LogP contribution in [0.25, 0.3) is 10.2 Å². The van der Waals surface area contributed by atoms with E-state index in [2.05, 4.69) is 10.3 Å². The number of aromatic nitrogens is 2. The van der Waals surface area contributed by atoms with Gasteiger partial charge in [0.1, 0.15) is 4.83 Å². The van der Waals surface area contributed by atoms with Crippen LogP contribution in [0, 0.1) is 0 Å². The molecule has 0 atom stereocenters. The third-order valence-corrected chi connectivity index (χ3v) is 6.51. The summed E-state index contributed by atoms with van der Waals surface area (Å²) in [6, 6.07) is 0. The molecule has 1 aliphatic carbocycles. The van der Waals surface area contributed by atoms with Gasteiger partial charge < -0.3 is 15.8 Å². The molecule has 0 bridgehead atoms. The molecule has 0 spiro atoms. The first-order valence-corrected chi connectivity index (χ1v) is 10.5. The number of methoxy groups -OCH3 is 1. The summed E-state index contributed by atoms with van der Waals surface area (Å²) in [5.41, 5.74) is 6.09. The molecule has 2 aromatic heterocycles. The van der Waals surface area contributed by atoms with E-state index in [1.54, 1.807) is 23.0 Å². The monoisotopic (exact) mass is 410 g/mol. The zero-order valence-electron chi connectivity index (χ0n) is 15.1. The molecule has 0 aromatic carbocycles. The topological polar surface area (TPSA) is 116 Å². The van der Waals surface area contributed by atoms with Gasteiger partial charge in [-0.1, -0.05) is 11.8 Å². The molecule has 2 aromatic rings. The predicted octanol–water partition coefficient (Wildman–Crippen LogP) is 0.677. The van der Waals surface area contributed by atoms with Crippen LogP contribution in [0.4, 0.5) is 0 Å². The Morgan fingerprint density at radius 1 is 1.37 bits per heavy atom. The highest BCUT2D eigenvalue weighted by Crippen LogP contribution is 2.34. The first kappa shape index (κ1) is 19.8. The van der Waals surface area contributed by atoms with E-state index >= 15 is 0 Å². The molecular formula is C17H22N4O4S2. The van der Waals surface area contributed by atoms with Crippen LogP contribution in [0.1, 0.15) is 23.3 Å². The van der Waals surface area contributed by atoms with Crippen molar-refractivity contribution in [2.24, 2.45) is 5.73 Å². The number of fused-ring (bicyclic) bond motifs is 3. The SMILES string of the molecule is COCCn1c(SCC(=O)NCC(N)=O)nc2sc3c(c2c1=O)CCCC3. The predicted molar refractivity (Wildman–Crippen MR) is 105 cm³/mol. The molecule has 0 radical (unpaired) electrons. The van der Waals surface area contributed by atoms with Crippen LogP contribution in [0.5, 0.6) is 0 Å². The molecule has 27 heavy (non-hydrogen) atoms. The van der Waals surface area contributed by atoms with Crippen LogP contribution in [-0.2, 0) is 33.7 Å². The molecule has 0 aliphatic heterocycles. The number of thioether (sulfide) groups is 1. The van der Waals surface area contributed by atoms with Crippen molar-refractivity contribution in [1.82, 2.24) is 14.9 Å². The maximum Gasteiger partial charge on any atom is 0.263 e. The molecule has 8 nitrogen and oxygen atoms in total. The standard InChI is InChI=1S/C17H22N4O4S2/c1-25-7-6-21-16(24)14-10-4-2-3-5-11(10)27-15(14)20-17(21)26-9-13(23)19-8-12(18)22/h2-9H2,1H3,(H2,18,22)(H,19,23). The second kappa shape index (κ2) is 8.85. The molecule has 0 unspecified atom stereocenters. The number of aryl methyl sites for hydroxylation is 2. The average Bonchev–Trinajstić information content (AvgIpc) is 3.02. The summed E-state index contributed by atoms with van der Waals surface area (Å²) in [5, 5.41) is 3.63. The summed E-state index contributed by atoms with van der Waals surface area (Å²) >= 11 is 2.75. The van der Waals surface area contributed by atoms with Crippen molar-refractivity contribution in [1.29, 1.82) is 0 Å². The molecule has 2 heterocycles. The van der Waals surface area contributed by atoms with Gasteiger partial charge in [-0.2, -0.15) is 0 Å². The zero-order chi connectivity index (χ0) is 19.4. The van der Waals surface area contributed by atoms with Gasteiger partial charge in [-0.05, 0) is 31.2 Å². The number of hydrogen-bond acceptors (Lipinski definition) is 7. The van der Waals surface area contributed by atoms with Gasteiger partial charge in [0.15, 0.2) is 5.16 Å². The lowest BCUT2D eigenvalue weighted by Crippen LogP contribution is -2.34. The van der Waals surface area contributed by atoms with Crippen LogP contribution < -0.4 is 16.6 Å². The van der Waals surface area contributed by atoms with Gasteiger partial charge in [-0.25, -0.2) is 4.98 Å². The highest BCUT2D eigenvalue weighted by Gasteiger charge is 2.22. The molecule has 146 valence electrons. The molecule has 10 heteroatoms. The lowest BCUT2D eigenvalue weighted by molar-refractivity contribution is -0.123. The van der Waals surface area contributed by atoms with Gasteiger partial charge in [0, 0.05) is 12.0 Å². The number of nitrogens with two attached hydrogens (primary N) is 1. The van der Waals surface area contributed by atoms with Crippen molar-refractivity contribution in [2.45, 2.75) is 37.4 Å². The van der Waals surface area contributed by atoms with Crippen LogP contribution in [0.3, 0.4) is 0 Å². The van der Waals surface area contributed by atoms with Crippen molar-refractivity contribution in [3.8, 4) is 0 Å². The Morgan fingerprint density at radius 2 is 2.15 bits per heavy atom. The third-order valence-electron chi connectivity index (χ3n) is 4.35. The van der Waals surface area contributed by atoms with Crippen molar-refractivity contribution < 1.29 is 14.3 Å². The fourth-order valence-electron chi connectivity index (χ4n) is 3.08. The van der Waals surface area contributed by atoms with Crippen LogP contribution in [0.15, 0.2) is 9.95 Å². The molecule has 0 saturated heterocycles. The minimum absolute atomic E-state index is 0.0449. The fraction of sp³-hybridized carbons (Fsp3) is 0.529. The van der Waals surface area contributed by atoms with Gasteiger partial charge in [0.05, 0.1) is 30.8 Å². The maximum atomic E-state index is 13.1. The zero-order valence-corrected chi connectivity index (χ0v) is 16.7. The number of nitrogens with zero attached hydrogens (tertiary/aromatic N) is 2. The van der Waals surface area contributed by atoms with E-state index in [1.807, 2.05) is 0 Å². The lowest BCUT2D eigenvalue weighted by Gasteiger charge is -2.13. The van der Waals surface area contributed by atoms with Crippen molar-refractivity contribution in [3.63, 3.8) is 0 Å². The number of nitrogens with one attached hydrogen (secondary N) is 1. The largest absolute Gasteiger partial charge is 0.383 e. The molecule has 3 rings (SSSR count). The number of hydrogen-bond donors (Lipinski definition) is 2. The summed E-state index contributed by atoms with van der Waals surface area (Å²) in [4.78, 5) is 42.5. The van der Waals surface area contributed by atoms with Gasteiger partial charge in [0.2, 0.25) is 11.8 Å². The van der Waals surface area contributed by atoms with Crippen LogP contribution in [-0.4, -0.2) is 47.4 Å². The number of ether oxygens (including phenoxy) is 1. The lowest BCUT2D eigenvalue weighted by atomic mass is 9.97. The Balaban J connectivity index is 1.91. The summed E-state index contributed by atoms with van der Waals surface area (Å²) < 4.78 is 6.71. The maximum absolute atomic E-state index is 13.1. The van der Waals surface area contributed by atoms with E-state index in [-0.39, 0.29) is 23.8 Å². The second-order valence-electron chi connectivity index (χ2n) is 6.27. The minimum atomic E-state index is -0.603. The van der Waals surface area contributed by atoms with Crippen molar-refractivity contribution in [2.75, 3.05) is 26.0 Å². The minimum Gasteiger partial charge on any atom is -0.383 e. The number of rotatable bonds is 8. The van der Waals surface area contributed by atoms with Crippen molar-refractivity contribution in [3.05, 3.63) is 20.8 Å². The summed E-state index contributed by atoms with van der Waals surface area (Å²) in [6.07, 6.45) is 4.14. The summed E-state index contributed by atoms with van der Waals surface area (Å²) in [6.45, 7) is 0.537. The van der Waals surface area contributed by atoms with Gasteiger partial charge in [0.25, 0.3) is 5.56 Å². The Labute approximate surface area is 164 Å². The van der Waals surface area contributed by atoms with E-state index < -0.39 is 5.91 Å². The molecule has 1 aliphatic rings. The Hall–Kier alpha value is -1.91. The third kappa shape index (κ3) is 4.50. The number of primary amides is 1. The first-order valence-electron chi connectivity index (χ1n) is 8.73. The van der Waals surface area contributed by atoms with Crippen molar-refractivity contribution >= 4 is 45.1 Å². The summed E-state index contributed by atoms with van der Waals surface area (Å²) in [7, 11) is 1.58. The van der Waals surface area contributed by atoms with E-state index in [0.29, 0.717) is 23.7 Å². The normalized spacial score (nSPS) is 13.5. The van der Waals surface area contributed by atoms with E-state index in [9.17, 15) is 14.4 Å². The van der Waals surface area contributed by atoms with Gasteiger partial charge >= 0.3 is 0 Å². The summed E-state index contributed by atoms with van der Waals surface area (Å²) in [5.74, 6) is -0.894. The molecule has 0 saturated carbocycles. The number of carbonyl (C=O) groups excluding carboxylic acids is 2. The van der Waals surface area contributed by atoms with E-state index in [1.165, 1.54) is 16.6 Å². The number of thiophene rings is 1. The Bertz CT molecular complexity index is 922. The first-order chi connectivity index (χ1) is 13.0. The van der Waals surface area contributed by atoms with Gasteiger partial charge in [-0.15, -0.1) is 11.3 Å².